The van der Waals surface area contributed by atoms with Crippen molar-refractivity contribution < 1.29 is 4.79 Å². The minimum Gasteiger partial charge on any atom is -0.389 e. The van der Waals surface area contributed by atoms with E-state index < -0.39 is 0 Å². The number of amides is 1. The lowest BCUT2D eigenvalue weighted by molar-refractivity contribution is -0.121. The summed E-state index contributed by atoms with van der Waals surface area (Å²) < 4.78 is 0. The van der Waals surface area contributed by atoms with Crippen molar-refractivity contribution in [2.75, 3.05) is 23.7 Å². The first-order valence-corrected chi connectivity index (χ1v) is 5.22. The van der Waals surface area contributed by atoms with Gasteiger partial charge in [0.05, 0.1) is 12.7 Å². The SMILES string of the molecule is CC1CN(c2ncc(N)s2)CC(=O)N1. The molecular formula is C8H12N4OS. The smallest absolute Gasteiger partial charge is 0.239 e. The van der Waals surface area contributed by atoms with Gasteiger partial charge in [-0.15, -0.1) is 0 Å². The first kappa shape index (κ1) is 9.26. The average molecular weight is 212 g/mol. The second kappa shape index (κ2) is 3.45. The van der Waals surface area contributed by atoms with Gasteiger partial charge >= 0.3 is 0 Å². The standard InChI is InChI=1S/C8H12N4OS/c1-5-3-12(4-7(13)11-5)8-10-2-6(9)14-8/h2,5H,3-4,9H2,1H3,(H,11,13). The number of anilines is 2. The predicted molar refractivity (Wildman–Crippen MR) is 56.3 cm³/mol. The first-order valence-electron chi connectivity index (χ1n) is 4.41. The topological polar surface area (TPSA) is 71.2 Å². The molecule has 2 heterocycles. The zero-order valence-corrected chi connectivity index (χ0v) is 8.67. The fraction of sp³-hybridized carbons (Fsp3) is 0.500. The van der Waals surface area contributed by atoms with E-state index in [0.29, 0.717) is 11.5 Å². The molecule has 1 fully saturated rings. The summed E-state index contributed by atoms with van der Waals surface area (Å²) in [5.74, 6) is 0.0394. The Kier molecular flexibility index (Phi) is 2.28. The molecule has 1 unspecified atom stereocenters. The lowest BCUT2D eigenvalue weighted by Crippen LogP contribution is -2.52. The van der Waals surface area contributed by atoms with Gasteiger partial charge < -0.3 is 16.0 Å². The number of rotatable bonds is 1. The van der Waals surface area contributed by atoms with Crippen molar-refractivity contribution in [3.63, 3.8) is 0 Å². The van der Waals surface area contributed by atoms with Crippen LogP contribution in [0.15, 0.2) is 6.20 Å². The number of aromatic nitrogens is 1. The van der Waals surface area contributed by atoms with Crippen LogP contribution in [-0.4, -0.2) is 30.0 Å². The molecule has 3 N–H and O–H groups in total. The van der Waals surface area contributed by atoms with Crippen LogP contribution in [0.1, 0.15) is 6.92 Å². The zero-order valence-electron chi connectivity index (χ0n) is 7.86. The second-order valence-electron chi connectivity index (χ2n) is 3.39. The van der Waals surface area contributed by atoms with Gasteiger partial charge in [0.15, 0.2) is 5.13 Å². The fourth-order valence-electron chi connectivity index (χ4n) is 1.50. The van der Waals surface area contributed by atoms with Gasteiger partial charge in [-0.25, -0.2) is 4.98 Å². The van der Waals surface area contributed by atoms with Crippen LogP contribution in [0.2, 0.25) is 0 Å². The number of nitrogens with zero attached hydrogens (tertiary/aromatic N) is 2. The second-order valence-corrected chi connectivity index (χ2v) is 4.43. The Labute approximate surface area is 85.9 Å². The molecule has 5 nitrogen and oxygen atoms in total. The third-order valence-corrected chi connectivity index (χ3v) is 2.91. The lowest BCUT2D eigenvalue weighted by atomic mass is 10.2. The maximum absolute atomic E-state index is 11.3. The number of carbonyl (C=O) groups is 1. The normalized spacial score (nSPS) is 22.2. The Morgan fingerprint density at radius 2 is 2.57 bits per heavy atom. The van der Waals surface area contributed by atoms with Crippen molar-refractivity contribution >= 4 is 27.4 Å². The zero-order chi connectivity index (χ0) is 10.1. The first-order chi connectivity index (χ1) is 6.65. The molecule has 14 heavy (non-hydrogen) atoms. The molecule has 1 aliphatic heterocycles. The number of nitrogen functional groups attached to an aromatic ring is 1. The molecule has 0 spiro atoms. The molecule has 0 aromatic carbocycles. The third-order valence-electron chi connectivity index (χ3n) is 2.02. The van der Waals surface area contributed by atoms with Crippen LogP contribution in [0, 0.1) is 0 Å². The summed E-state index contributed by atoms with van der Waals surface area (Å²) in [5.41, 5.74) is 5.58. The van der Waals surface area contributed by atoms with E-state index in [1.54, 1.807) is 6.20 Å². The molecule has 0 aliphatic carbocycles. The Hall–Kier alpha value is -1.30. The van der Waals surface area contributed by atoms with Crippen LogP contribution in [0.25, 0.3) is 0 Å². The monoisotopic (exact) mass is 212 g/mol. The Balaban J connectivity index is 2.14. The maximum Gasteiger partial charge on any atom is 0.239 e. The van der Waals surface area contributed by atoms with Gasteiger partial charge in [0.1, 0.15) is 5.00 Å². The van der Waals surface area contributed by atoms with Crippen LogP contribution < -0.4 is 16.0 Å². The quantitative estimate of drug-likeness (QED) is 0.690. The fourth-order valence-corrected chi connectivity index (χ4v) is 2.19. The highest BCUT2D eigenvalue weighted by molar-refractivity contribution is 7.19. The summed E-state index contributed by atoms with van der Waals surface area (Å²) in [5, 5.41) is 4.35. The molecule has 1 amide bonds. The molecule has 1 atom stereocenters. The van der Waals surface area contributed by atoms with Gasteiger partial charge in [0, 0.05) is 12.6 Å². The highest BCUT2D eigenvalue weighted by Crippen LogP contribution is 2.24. The van der Waals surface area contributed by atoms with Crippen LogP contribution in [0.5, 0.6) is 0 Å². The van der Waals surface area contributed by atoms with Gasteiger partial charge in [0.2, 0.25) is 5.91 Å². The van der Waals surface area contributed by atoms with Crippen molar-refractivity contribution in [1.82, 2.24) is 10.3 Å². The molecule has 0 saturated carbocycles. The Morgan fingerprint density at radius 3 is 3.14 bits per heavy atom. The highest BCUT2D eigenvalue weighted by Gasteiger charge is 2.23. The molecule has 1 aliphatic rings. The van der Waals surface area contributed by atoms with Crippen molar-refractivity contribution in [3.8, 4) is 0 Å². The van der Waals surface area contributed by atoms with Gasteiger partial charge in [0.25, 0.3) is 0 Å². The molecule has 2 rings (SSSR count). The minimum absolute atomic E-state index is 0.0394. The van der Waals surface area contributed by atoms with Crippen LogP contribution in [-0.2, 0) is 4.79 Å². The van der Waals surface area contributed by atoms with Gasteiger partial charge in [-0.2, -0.15) is 0 Å². The average Bonchev–Trinajstić information content (AvgIpc) is 2.50. The van der Waals surface area contributed by atoms with Crippen molar-refractivity contribution in [3.05, 3.63) is 6.20 Å². The summed E-state index contributed by atoms with van der Waals surface area (Å²) in [7, 11) is 0. The molecule has 1 aromatic rings. The summed E-state index contributed by atoms with van der Waals surface area (Å²) in [6.07, 6.45) is 1.62. The van der Waals surface area contributed by atoms with E-state index in [1.807, 2.05) is 11.8 Å². The van der Waals surface area contributed by atoms with E-state index in [4.69, 9.17) is 5.73 Å². The van der Waals surface area contributed by atoms with E-state index in [-0.39, 0.29) is 11.9 Å². The third kappa shape index (κ3) is 1.79. The number of thiazole rings is 1. The van der Waals surface area contributed by atoms with E-state index >= 15 is 0 Å². The van der Waals surface area contributed by atoms with Crippen LogP contribution >= 0.6 is 11.3 Å². The van der Waals surface area contributed by atoms with Gasteiger partial charge in [-0.05, 0) is 6.92 Å². The molecule has 6 heteroatoms. The Morgan fingerprint density at radius 1 is 1.79 bits per heavy atom. The lowest BCUT2D eigenvalue weighted by Gasteiger charge is -2.30. The van der Waals surface area contributed by atoms with E-state index in [1.165, 1.54) is 11.3 Å². The molecule has 0 bridgehead atoms. The van der Waals surface area contributed by atoms with Crippen LogP contribution in [0.3, 0.4) is 0 Å². The van der Waals surface area contributed by atoms with Crippen LogP contribution in [0.4, 0.5) is 10.1 Å². The molecule has 76 valence electrons. The number of nitrogens with one attached hydrogen (secondary N) is 1. The molecule has 1 saturated heterocycles. The predicted octanol–water partition coefficient (Wildman–Crippen LogP) is 0.0500. The molecule has 1 aromatic heterocycles. The Bertz CT molecular complexity index is 351. The number of hydrogen-bond acceptors (Lipinski definition) is 5. The van der Waals surface area contributed by atoms with Gasteiger partial charge in [-0.3, -0.25) is 4.79 Å². The van der Waals surface area contributed by atoms with E-state index in [0.717, 1.165) is 11.7 Å². The van der Waals surface area contributed by atoms with Crippen molar-refractivity contribution in [2.45, 2.75) is 13.0 Å². The summed E-state index contributed by atoms with van der Waals surface area (Å²) >= 11 is 1.41. The highest BCUT2D eigenvalue weighted by atomic mass is 32.1. The minimum atomic E-state index is 0.0394. The number of carbonyl (C=O) groups excluding carboxylic acids is 1. The number of hydrogen-bond donors (Lipinski definition) is 2. The van der Waals surface area contributed by atoms with E-state index in [9.17, 15) is 4.79 Å². The van der Waals surface area contributed by atoms with Crippen molar-refractivity contribution in [1.29, 1.82) is 0 Å². The van der Waals surface area contributed by atoms with Gasteiger partial charge in [-0.1, -0.05) is 11.3 Å². The summed E-state index contributed by atoms with van der Waals surface area (Å²) in [4.78, 5) is 17.4. The van der Waals surface area contributed by atoms with E-state index in [2.05, 4.69) is 10.3 Å². The largest absolute Gasteiger partial charge is 0.389 e. The maximum atomic E-state index is 11.3. The number of nitrogens with two attached hydrogens (primary N) is 1. The molecular weight excluding hydrogens is 200 g/mol. The number of piperazine rings is 1. The summed E-state index contributed by atoms with van der Waals surface area (Å²) in [6, 6.07) is 0.168. The summed E-state index contributed by atoms with van der Waals surface area (Å²) in [6.45, 7) is 3.14. The van der Waals surface area contributed by atoms with Crippen molar-refractivity contribution in [2.24, 2.45) is 0 Å². The molecule has 0 radical (unpaired) electrons.